The van der Waals surface area contributed by atoms with Gasteiger partial charge >= 0.3 is 0 Å². The summed E-state index contributed by atoms with van der Waals surface area (Å²) in [4.78, 5) is 18.0. The van der Waals surface area contributed by atoms with E-state index in [1.807, 2.05) is 19.3 Å². The van der Waals surface area contributed by atoms with E-state index in [9.17, 15) is 8.42 Å². The van der Waals surface area contributed by atoms with Gasteiger partial charge in [0.2, 0.25) is 0 Å². The van der Waals surface area contributed by atoms with Crippen molar-refractivity contribution >= 4 is 26.7 Å². The van der Waals surface area contributed by atoms with Crippen LogP contribution >= 0.6 is 0 Å². The highest BCUT2D eigenvalue weighted by Gasteiger charge is 2.36. The minimum absolute atomic E-state index is 0.121. The molecule has 9 heteroatoms. The number of rotatable bonds is 6. The van der Waals surface area contributed by atoms with Crippen molar-refractivity contribution in [2.75, 3.05) is 24.8 Å². The van der Waals surface area contributed by atoms with Gasteiger partial charge in [0.1, 0.15) is 23.5 Å². The van der Waals surface area contributed by atoms with Crippen LogP contribution in [0.15, 0.2) is 41.9 Å². The van der Waals surface area contributed by atoms with Crippen molar-refractivity contribution in [1.29, 1.82) is 0 Å². The second-order valence-corrected chi connectivity index (χ2v) is 8.92. The highest BCUT2D eigenvalue weighted by Crippen LogP contribution is 2.36. The fourth-order valence-corrected chi connectivity index (χ4v) is 5.16. The van der Waals surface area contributed by atoms with Crippen molar-refractivity contribution < 1.29 is 13.2 Å². The number of nitrogens with zero attached hydrogens (tertiary/aromatic N) is 4. The monoisotopic (exact) mass is 387 g/mol. The fraction of sp³-hybridized carbons (Fsp3) is 0.389. The molecule has 0 atom stereocenters. The second-order valence-electron chi connectivity index (χ2n) is 6.88. The van der Waals surface area contributed by atoms with E-state index in [0.29, 0.717) is 5.75 Å². The maximum Gasteiger partial charge on any atom is 0.180 e. The van der Waals surface area contributed by atoms with Crippen molar-refractivity contribution in [2.24, 2.45) is 5.92 Å². The van der Waals surface area contributed by atoms with Gasteiger partial charge < -0.3 is 14.6 Å². The highest BCUT2D eigenvalue weighted by molar-refractivity contribution is 7.91. The average Bonchev–Trinajstić information content (AvgIpc) is 3.12. The summed E-state index contributed by atoms with van der Waals surface area (Å²) in [6.07, 6.45) is 7.88. The van der Waals surface area contributed by atoms with E-state index in [1.165, 1.54) is 25.6 Å². The van der Waals surface area contributed by atoms with E-state index in [1.54, 1.807) is 6.33 Å². The molecular formula is C18H21N5O3S. The van der Waals surface area contributed by atoms with Crippen LogP contribution in [0.25, 0.3) is 11.0 Å². The van der Waals surface area contributed by atoms with Gasteiger partial charge in [0.15, 0.2) is 9.84 Å². The van der Waals surface area contributed by atoms with Crippen molar-refractivity contribution in [3.8, 4) is 5.75 Å². The first-order valence-electron chi connectivity index (χ1n) is 8.70. The summed E-state index contributed by atoms with van der Waals surface area (Å²) in [5.41, 5.74) is 0.802. The first kappa shape index (κ1) is 17.7. The zero-order valence-electron chi connectivity index (χ0n) is 15.2. The number of anilines is 1. The van der Waals surface area contributed by atoms with E-state index in [4.69, 9.17) is 4.74 Å². The molecule has 1 fully saturated rings. The number of hydrogen-bond donors (Lipinski definition) is 1. The molecule has 1 N–H and O–H groups in total. The number of H-pyrrole nitrogens is 1. The molecule has 0 radical (unpaired) electrons. The number of methoxy groups -OCH3 is 1. The third-order valence-corrected chi connectivity index (χ3v) is 7.02. The fourth-order valence-electron chi connectivity index (χ4n) is 3.55. The smallest absolute Gasteiger partial charge is 0.180 e. The Bertz CT molecular complexity index is 1060. The predicted octanol–water partition coefficient (Wildman–Crippen LogP) is 2.05. The number of ether oxygens (including phenoxy) is 1. The molecule has 0 bridgehead atoms. The van der Waals surface area contributed by atoms with Gasteiger partial charge in [0.25, 0.3) is 0 Å². The largest absolute Gasteiger partial charge is 0.495 e. The number of sulfone groups is 1. The van der Waals surface area contributed by atoms with Crippen molar-refractivity contribution in [2.45, 2.75) is 23.8 Å². The molecule has 142 valence electrons. The molecule has 1 saturated carbocycles. The van der Waals surface area contributed by atoms with Crippen molar-refractivity contribution in [1.82, 2.24) is 19.9 Å². The first-order chi connectivity index (χ1) is 13.0. The summed E-state index contributed by atoms with van der Waals surface area (Å²) >= 11 is 0. The average molecular weight is 387 g/mol. The lowest BCUT2D eigenvalue weighted by atomic mass is 9.81. The van der Waals surface area contributed by atoms with Gasteiger partial charge in [0.05, 0.1) is 29.3 Å². The lowest BCUT2D eigenvalue weighted by molar-refractivity contribution is 0.282. The summed E-state index contributed by atoms with van der Waals surface area (Å²) in [7, 11) is 0.107. The second kappa shape index (κ2) is 6.80. The number of aromatic amines is 1. The number of fused-ring (bicyclic) bond motifs is 1. The van der Waals surface area contributed by atoms with Gasteiger partial charge in [-0.2, -0.15) is 0 Å². The molecule has 27 heavy (non-hydrogen) atoms. The van der Waals surface area contributed by atoms with Gasteiger partial charge in [-0.1, -0.05) is 0 Å². The molecule has 0 aromatic carbocycles. The topological polar surface area (TPSA) is 101 Å². The van der Waals surface area contributed by atoms with Crippen LogP contribution in [0.2, 0.25) is 0 Å². The summed E-state index contributed by atoms with van der Waals surface area (Å²) in [5, 5.41) is 0.971. The lowest BCUT2D eigenvalue weighted by Crippen LogP contribution is -2.45. The predicted molar refractivity (Wildman–Crippen MR) is 102 cm³/mol. The van der Waals surface area contributed by atoms with E-state index in [2.05, 4.69) is 24.8 Å². The first-order valence-corrected chi connectivity index (χ1v) is 10.4. The standard InChI is InChI=1S/C18H21N5O3S/c1-23(18-16-3-4-20-17(16)21-11-22-18)13-5-12(6-13)10-27(24,25)15-7-14(26-2)8-19-9-15/h3-4,7-9,11-13H,5-6,10H2,1-2H3,(H,20,21,22)/t12-,13+. The van der Waals surface area contributed by atoms with E-state index in [0.717, 1.165) is 29.7 Å². The van der Waals surface area contributed by atoms with Gasteiger partial charge in [-0.25, -0.2) is 18.4 Å². The summed E-state index contributed by atoms with van der Waals surface area (Å²) < 4.78 is 30.4. The van der Waals surface area contributed by atoms with E-state index in [-0.39, 0.29) is 22.6 Å². The summed E-state index contributed by atoms with van der Waals surface area (Å²) in [6.45, 7) is 0. The maximum absolute atomic E-state index is 12.7. The molecule has 1 aliphatic rings. The van der Waals surface area contributed by atoms with Crippen molar-refractivity contribution in [3.63, 3.8) is 0 Å². The molecule has 0 unspecified atom stereocenters. The zero-order chi connectivity index (χ0) is 19.0. The Morgan fingerprint density at radius 3 is 2.89 bits per heavy atom. The Hall–Kier alpha value is -2.68. The highest BCUT2D eigenvalue weighted by atomic mass is 32.2. The molecule has 3 aromatic rings. The van der Waals surface area contributed by atoms with E-state index < -0.39 is 9.84 Å². The Balaban J connectivity index is 1.42. The maximum atomic E-state index is 12.7. The van der Waals surface area contributed by atoms with Gasteiger partial charge in [-0.3, -0.25) is 4.98 Å². The Labute approximate surface area is 157 Å². The van der Waals surface area contributed by atoms with Crippen LogP contribution in [0, 0.1) is 5.92 Å². The van der Waals surface area contributed by atoms with Crippen LogP contribution < -0.4 is 9.64 Å². The quantitative estimate of drug-likeness (QED) is 0.691. The third-order valence-electron chi connectivity index (χ3n) is 5.16. The molecule has 3 heterocycles. The van der Waals surface area contributed by atoms with Gasteiger partial charge in [-0.15, -0.1) is 0 Å². The Kier molecular flexibility index (Phi) is 4.47. The van der Waals surface area contributed by atoms with Crippen LogP contribution in [-0.4, -0.2) is 54.3 Å². The Morgan fingerprint density at radius 2 is 2.11 bits per heavy atom. The number of pyridine rings is 1. The SMILES string of the molecule is COc1cncc(S(=O)(=O)C[C@H]2C[C@@H](N(C)c3ncnc4[nH]ccc34)C2)c1. The lowest BCUT2D eigenvalue weighted by Gasteiger charge is -2.41. The minimum Gasteiger partial charge on any atom is -0.495 e. The molecule has 1 aliphatic carbocycles. The molecule has 0 saturated heterocycles. The molecule has 0 spiro atoms. The van der Waals surface area contributed by atoms with Crippen LogP contribution in [0.1, 0.15) is 12.8 Å². The molecular weight excluding hydrogens is 366 g/mol. The Morgan fingerprint density at radius 1 is 1.30 bits per heavy atom. The molecule has 0 aliphatic heterocycles. The zero-order valence-corrected chi connectivity index (χ0v) is 16.0. The summed E-state index contributed by atoms with van der Waals surface area (Å²) in [5.74, 6) is 1.55. The van der Waals surface area contributed by atoms with Crippen LogP contribution in [0.5, 0.6) is 5.75 Å². The molecule has 4 rings (SSSR count). The third kappa shape index (κ3) is 3.34. The van der Waals surface area contributed by atoms with Crippen LogP contribution in [0.3, 0.4) is 0 Å². The molecule has 0 amide bonds. The molecule has 8 nitrogen and oxygen atoms in total. The summed E-state index contributed by atoms with van der Waals surface area (Å²) in [6, 6.07) is 3.74. The number of aromatic nitrogens is 4. The minimum atomic E-state index is -3.38. The molecule has 3 aromatic heterocycles. The van der Waals surface area contributed by atoms with Gasteiger partial charge in [-0.05, 0) is 24.8 Å². The van der Waals surface area contributed by atoms with Crippen molar-refractivity contribution in [3.05, 3.63) is 37.1 Å². The van der Waals surface area contributed by atoms with Crippen LogP contribution in [0.4, 0.5) is 5.82 Å². The van der Waals surface area contributed by atoms with Crippen LogP contribution in [-0.2, 0) is 9.84 Å². The normalized spacial score (nSPS) is 19.6. The number of hydrogen-bond acceptors (Lipinski definition) is 7. The number of nitrogens with one attached hydrogen (secondary N) is 1. The van der Waals surface area contributed by atoms with Gasteiger partial charge in [0, 0.05) is 31.5 Å². The van der Waals surface area contributed by atoms with E-state index >= 15 is 0 Å².